The van der Waals surface area contributed by atoms with E-state index in [0.717, 1.165) is 11.8 Å². The molecule has 7 nitrogen and oxygen atoms in total. The highest BCUT2D eigenvalue weighted by molar-refractivity contribution is 7.88. The van der Waals surface area contributed by atoms with Crippen molar-refractivity contribution in [2.24, 2.45) is 5.73 Å². The van der Waals surface area contributed by atoms with Gasteiger partial charge in [0.15, 0.2) is 0 Å². The summed E-state index contributed by atoms with van der Waals surface area (Å²) in [5.41, 5.74) is 6.77. The van der Waals surface area contributed by atoms with Gasteiger partial charge in [0.05, 0.1) is 19.5 Å². The molecule has 1 aliphatic rings. The number of sulfonamides is 1. The van der Waals surface area contributed by atoms with E-state index in [1.165, 1.54) is 12.1 Å². The van der Waals surface area contributed by atoms with Crippen LogP contribution in [0.3, 0.4) is 0 Å². The van der Waals surface area contributed by atoms with Gasteiger partial charge >= 0.3 is 5.97 Å². The van der Waals surface area contributed by atoms with Crippen LogP contribution in [0.5, 0.6) is 0 Å². The van der Waals surface area contributed by atoms with Crippen molar-refractivity contribution in [1.29, 1.82) is 0 Å². The maximum absolute atomic E-state index is 11.2. The van der Waals surface area contributed by atoms with Crippen LogP contribution in [0.2, 0.25) is 0 Å². The molecule has 0 aliphatic carbocycles. The molecule has 1 heterocycles. The Bertz CT molecular complexity index is 432. The molecule has 0 radical (unpaired) electrons. The zero-order chi connectivity index (χ0) is 13.8. The number of hydrazine groups is 1. The van der Waals surface area contributed by atoms with Gasteiger partial charge in [0.2, 0.25) is 10.0 Å². The van der Waals surface area contributed by atoms with Crippen LogP contribution in [0.15, 0.2) is 11.6 Å². The fourth-order valence-corrected chi connectivity index (χ4v) is 2.39. The van der Waals surface area contributed by atoms with E-state index in [1.54, 1.807) is 0 Å². The Balaban J connectivity index is 2.60. The average Bonchev–Trinajstić information content (AvgIpc) is 2.28. The van der Waals surface area contributed by atoms with Crippen LogP contribution in [-0.2, 0) is 19.6 Å². The van der Waals surface area contributed by atoms with Crippen molar-refractivity contribution in [3.05, 3.63) is 11.6 Å². The summed E-state index contributed by atoms with van der Waals surface area (Å²) in [6.45, 7) is 0.510. The number of methoxy groups -OCH3 is 1. The maximum atomic E-state index is 11.2. The van der Waals surface area contributed by atoms with Gasteiger partial charge in [-0.05, 0) is 18.4 Å². The second kappa shape index (κ2) is 6.28. The van der Waals surface area contributed by atoms with E-state index in [2.05, 4.69) is 9.57 Å². The smallest absolute Gasteiger partial charge is 0.305 e. The first-order valence-electron chi connectivity index (χ1n) is 5.59. The molecule has 104 valence electrons. The lowest BCUT2D eigenvalue weighted by molar-refractivity contribution is -0.140. The van der Waals surface area contributed by atoms with Crippen molar-refractivity contribution in [2.75, 3.05) is 19.9 Å². The monoisotopic (exact) mass is 277 g/mol. The molecule has 0 unspecified atom stereocenters. The molecule has 0 saturated heterocycles. The Morgan fingerprint density at radius 1 is 1.67 bits per heavy atom. The Labute approximate surface area is 107 Å². The van der Waals surface area contributed by atoms with E-state index in [1.807, 2.05) is 6.08 Å². The Morgan fingerprint density at radius 2 is 2.33 bits per heavy atom. The summed E-state index contributed by atoms with van der Waals surface area (Å²) in [5.74, 6) is -0.309. The van der Waals surface area contributed by atoms with Gasteiger partial charge in [-0.15, -0.1) is 4.83 Å². The van der Waals surface area contributed by atoms with Gasteiger partial charge in [0.1, 0.15) is 0 Å². The quantitative estimate of drug-likeness (QED) is 0.510. The lowest BCUT2D eigenvalue weighted by Gasteiger charge is -2.33. The number of carbonyl (C=O) groups excluding carboxylic acids is 1. The molecule has 1 aliphatic heterocycles. The molecule has 0 bridgehead atoms. The topological polar surface area (TPSA) is 102 Å². The van der Waals surface area contributed by atoms with Crippen LogP contribution < -0.4 is 10.6 Å². The summed E-state index contributed by atoms with van der Waals surface area (Å²) in [4.78, 5) is 13.4. The molecule has 0 aromatic rings. The van der Waals surface area contributed by atoms with Gasteiger partial charge in [0.25, 0.3) is 0 Å². The van der Waals surface area contributed by atoms with Crippen LogP contribution in [0.4, 0.5) is 0 Å². The summed E-state index contributed by atoms with van der Waals surface area (Å²) >= 11 is 0. The molecule has 3 N–H and O–H groups in total. The molecular weight excluding hydrogens is 258 g/mol. The van der Waals surface area contributed by atoms with Crippen LogP contribution in [0.25, 0.3) is 0 Å². The fraction of sp³-hybridized carbons (Fsp3) is 0.700. The molecule has 0 saturated carbocycles. The Hall–Kier alpha value is -0.960. The average molecular weight is 277 g/mol. The number of rotatable bonds is 5. The highest BCUT2D eigenvalue weighted by atomic mass is 32.2. The molecule has 8 heteroatoms. The first-order valence-corrected chi connectivity index (χ1v) is 7.48. The number of nitrogens with zero attached hydrogens (tertiary/aromatic N) is 1. The molecule has 1 atom stereocenters. The maximum Gasteiger partial charge on any atom is 0.305 e. The van der Waals surface area contributed by atoms with E-state index in [9.17, 15) is 13.2 Å². The molecule has 18 heavy (non-hydrogen) atoms. The fourth-order valence-electron chi connectivity index (χ4n) is 1.76. The van der Waals surface area contributed by atoms with Crippen molar-refractivity contribution in [2.45, 2.75) is 25.4 Å². The highest BCUT2D eigenvalue weighted by Gasteiger charge is 2.24. The third-order valence-electron chi connectivity index (χ3n) is 2.62. The van der Waals surface area contributed by atoms with E-state index in [4.69, 9.17) is 5.73 Å². The zero-order valence-electron chi connectivity index (χ0n) is 10.5. The summed E-state index contributed by atoms with van der Waals surface area (Å²) < 4.78 is 26.9. The lowest BCUT2D eigenvalue weighted by atomic mass is 10.0. The third-order valence-corrected chi connectivity index (χ3v) is 3.19. The van der Waals surface area contributed by atoms with Gasteiger partial charge in [-0.3, -0.25) is 4.79 Å². The predicted octanol–water partition coefficient (Wildman–Crippen LogP) is -0.679. The minimum Gasteiger partial charge on any atom is -0.469 e. The summed E-state index contributed by atoms with van der Waals surface area (Å²) in [6, 6.07) is 0. The summed E-state index contributed by atoms with van der Waals surface area (Å²) in [7, 11) is -2.01. The van der Waals surface area contributed by atoms with E-state index in [-0.39, 0.29) is 12.4 Å². The van der Waals surface area contributed by atoms with Gasteiger partial charge < -0.3 is 10.5 Å². The minimum absolute atomic E-state index is 0.239. The van der Waals surface area contributed by atoms with E-state index < -0.39 is 16.2 Å². The van der Waals surface area contributed by atoms with Crippen LogP contribution in [-0.4, -0.2) is 45.5 Å². The number of carbonyl (C=O) groups is 1. The number of nitrogens with one attached hydrogen (secondary N) is 1. The molecule has 0 amide bonds. The molecule has 1 rings (SSSR count). The van der Waals surface area contributed by atoms with Crippen molar-refractivity contribution < 1.29 is 17.9 Å². The highest BCUT2D eigenvalue weighted by Crippen LogP contribution is 2.17. The lowest BCUT2D eigenvalue weighted by Crippen LogP contribution is -2.54. The van der Waals surface area contributed by atoms with Crippen LogP contribution >= 0.6 is 0 Å². The van der Waals surface area contributed by atoms with Crippen molar-refractivity contribution in [3.63, 3.8) is 0 Å². The zero-order valence-corrected chi connectivity index (χ0v) is 11.4. The van der Waals surface area contributed by atoms with Gasteiger partial charge in [-0.2, -0.15) is 0 Å². The van der Waals surface area contributed by atoms with Gasteiger partial charge in [-0.25, -0.2) is 13.4 Å². The molecular formula is C10H19N3O4S. The normalized spacial score (nSPS) is 21.5. The first-order chi connectivity index (χ1) is 8.33. The molecule has 0 fully saturated rings. The second-order valence-corrected chi connectivity index (χ2v) is 5.87. The van der Waals surface area contributed by atoms with Crippen LogP contribution in [0.1, 0.15) is 19.3 Å². The third kappa shape index (κ3) is 4.73. The summed E-state index contributed by atoms with van der Waals surface area (Å²) in [5, 5.41) is 1.46. The number of hydrogen-bond acceptors (Lipinski definition) is 6. The SMILES string of the molecule is COC(=O)CCC1=CCCN(NS(C)(=O)=O)[C@@H]1N. The number of ether oxygens (including phenoxy) is 1. The Kier molecular flexibility index (Phi) is 5.27. The molecule has 0 spiro atoms. The van der Waals surface area contributed by atoms with Gasteiger partial charge in [0, 0.05) is 13.0 Å². The van der Waals surface area contributed by atoms with Crippen molar-refractivity contribution in [3.8, 4) is 0 Å². The van der Waals surface area contributed by atoms with E-state index >= 15 is 0 Å². The number of hydrogen-bond donors (Lipinski definition) is 2. The standard InChI is InChI=1S/C10H19N3O4S/c1-17-9(14)6-5-8-4-3-7-13(10(8)11)12-18(2,15)16/h4,10,12H,3,5-7,11H2,1-2H3/t10-/m0/s1. The predicted molar refractivity (Wildman–Crippen MR) is 66.6 cm³/mol. The molecule has 0 aromatic carbocycles. The number of nitrogens with two attached hydrogens (primary N) is 1. The summed E-state index contributed by atoms with van der Waals surface area (Å²) in [6.07, 6.45) is 3.86. The number of esters is 1. The van der Waals surface area contributed by atoms with Crippen molar-refractivity contribution >= 4 is 16.0 Å². The Morgan fingerprint density at radius 3 is 2.89 bits per heavy atom. The largest absolute Gasteiger partial charge is 0.469 e. The van der Waals surface area contributed by atoms with E-state index in [0.29, 0.717) is 19.4 Å². The minimum atomic E-state index is -3.34. The molecule has 0 aromatic heterocycles. The second-order valence-electron chi connectivity index (χ2n) is 4.15. The van der Waals surface area contributed by atoms with Gasteiger partial charge in [-0.1, -0.05) is 6.08 Å². The first kappa shape index (κ1) is 15.1. The van der Waals surface area contributed by atoms with Crippen LogP contribution in [0, 0.1) is 0 Å². The van der Waals surface area contributed by atoms with Crippen molar-refractivity contribution in [1.82, 2.24) is 9.84 Å².